The van der Waals surface area contributed by atoms with Crippen molar-refractivity contribution in [2.45, 2.75) is 29.8 Å². The van der Waals surface area contributed by atoms with E-state index >= 15 is 0 Å². The zero-order valence-corrected chi connectivity index (χ0v) is 16.2. The highest BCUT2D eigenvalue weighted by molar-refractivity contribution is 9.10. The molecule has 0 atom stereocenters. The molecule has 0 aromatic heterocycles. The molecule has 25 heavy (non-hydrogen) atoms. The first kappa shape index (κ1) is 16.8. The Hall–Kier alpha value is -1.66. The van der Waals surface area contributed by atoms with Gasteiger partial charge in [0.15, 0.2) is 9.84 Å². The number of carbonyl (C=O) groups is 1. The standard InChI is InChI=1S/C19H18BrNO3S/c1-21-17-6-5-14(10-16(17)19(7-8-19)18(21)22)12-25(23,24)11-13-3-2-4-15(20)9-13/h2-6,9-10H,7-8,11-12H2,1H3. The van der Waals surface area contributed by atoms with Gasteiger partial charge in [0.2, 0.25) is 5.91 Å². The van der Waals surface area contributed by atoms with Crippen LogP contribution >= 0.6 is 15.9 Å². The van der Waals surface area contributed by atoms with Crippen LogP contribution in [0.25, 0.3) is 0 Å². The van der Waals surface area contributed by atoms with Crippen molar-refractivity contribution in [3.05, 3.63) is 63.6 Å². The van der Waals surface area contributed by atoms with Crippen molar-refractivity contribution < 1.29 is 13.2 Å². The molecule has 2 aliphatic rings. The quantitative estimate of drug-likeness (QED) is 0.760. The Morgan fingerprint density at radius 2 is 1.76 bits per heavy atom. The predicted molar refractivity (Wildman–Crippen MR) is 101 cm³/mol. The number of benzene rings is 2. The molecule has 130 valence electrons. The molecular formula is C19H18BrNO3S. The molecule has 2 aromatic carbocycles. The summed E-state index contributed by atoms with van der Waals surface area (Å²) in [5.74, 6) is 0.130. The van der Waals surface area contributed by atoms with Crippen molar-refractivity contribution in [3.8, 4) is 0 Å². The van der Waals surface area contributed by atoms with Crippen LogP contribution in [0.15, 0.2) is 46.9 Å². The first-order valence-corrected chi connectivity index (χ1v) is 10.8. The third-order valence-electron chi connectivity index (χ3n) is 5.06. The van der Waals surface area contributed by atoms with E-state index in [1.54, 1.807) is 11.9 Å². The molecule has 1 aliphatic heterocycles. The fourth-order valence-corrected chi connectivity index (χ4v) is 5.61. The molecule has 1 heterocycles. The number of hydrogen-bond donors (Lipinski definition) is 0. The van der Waals surface area contributed by atoms with Gasteiger partial charge in [0.05, 0.1) is 16.9 Å². The van der Waals surface area contributed by atoms with E-state index in [0.717, 1.165) is 39.7 Å². The van der Waals surface area contributed by atoms with Crippen LogP contribution in [0.1, 0.15) is 29.5 Å². The lowest BCUT2D eigenvalue weighted by atomic mass is 9.96. The number of amides is 1. The molecule has 0 bridgehead atoms. The molecule has 0 radical (unpaired) electrons. The fourth-order valence-electron chi connectivity index (χ4n) is 3.69. The number of sulfone groups is 1. The minimum Gasteiger partial charge on any atom is -0.314 e. The number of carbonyl (C=O) groups excluding carboxylic acids is 1. The van der Waals surface area contributed by atoms with E-state index in [4.69, 9.17) is 0 Å². The van der Waals surface area contributed by atoms with Gasteiger partial charge in [-0.25, -0.2) is 8.42 Å². The Balaban J connectivity index is 1.60. The van der Waals surface area contributed by atoms with E-state index in [1.165, 1.54) is 0 Å². The maximum Gasteiger partial charge on any atom is 0.237 e. The zero-order valence-electron chi connectivity index (χ0n) is 13.8. The highest BCUT2D eigenvalue weighted by atomic mass is 79.9. The maximum absolute atomic E-state index is 12.6. The Morgan fingerprint density at radius 3 is 2.40 bits per heavy atom. The second-order valence-corrected chi connectivity index (χ2v) is 9.94. The van der Waals surface area contributed by atoms with Gasteiger partial charge in [-0.3, -0.25) is 4.79 Å². The Bertz CT molecular complexity index is 980. The second kappa shape index (κ2) is 5.68. The summed E-state index contributed by atoms with van der Waals surface area (Å²) in [6.07, 6.45) is 1.72. The van der Waals surface area contributed by atoms with Crippen molar-refractivity contribution in [1.29, 1.82) is 0 Å². The first-order chi connectivity index (χ1) is 11.8. The summed E-state index contributed by atoms with van der Waals surface area (Å²) in [5.41, 5.74) is 3.05. The number of anilines is 1. The van der Waals surface area contributed by atoms with Crippen LogP contribution in [0.4, 0.5) is 5.69 Å². The summed E-state index contributed by atoms with van der Waals surface area (Å²) in [5, 5.41) is 0. The van der Waals surface area contributed by atoms with Gasteiger partial charge in [0, 0.05) is 17.2 Å². The van der Waals surface area contributed by atoms with Crippen LogP contribution in [0.2, 0.25) is 0 Å². The average Bonchev–Trinajstić information content (AvgIpc) is 3.31. The molecule has 6 heteroatoms. The lowest BCUT2D eigenvalue weighted by Crippen LogP contribution is -2.27. The van der Waals surface area contributed by atoms with Gasteiger partial charge in [0.25, 0.3) is 0 Å². The van der Waals surface area contributed by atoms with Crippen LogP contribution in [-0.2, 0) is 31.6 Å². The van der Waals surface area contributed by atoms with Crippen LogP contribution in [0, 0.1) is 0 Å². The van der Waals surface area contributed by atoms with Crippen LogP contribution in [0.3, 0.4) is 0 Å². The van der Waals surface area contributed by atoms with E-state index in [9.17, 15) is 13.2 Å². The largest absolute Gasteiger partial charge is 0.314 e. The van der Waals surface area contributed by atoms with Gasteiger partial charge >= 0.3 is 0 Å². The van der Waals surface area contributed by atoms with Crippen molar-refractivity contribution in [2.75, 3.05) is 11.9 Å². The Kier molecular flexibility index (Phi) is 3.81. The summed E-state index contributed by atoms with van der Waals surface area (Å²) in [6, 6.07) is 13.0. The topological polar surface area (TPSA) is 54.5 Å². The summed E-state index contributed by atoms with van der Waals surface area (Å²) in [7, 11) is -1.50. The van der Waals surface area contributed by atoms with E-state index in [-0.39, 0.29) is 22.8 Å². The van der Waals surface area contributed by atoms with Crippen molar-refractivity contribution in [1.82, 2.24) is 0 Å². The molecule has 1 spiro atoms. The lowest BCUT2D eigenvalue weighted by Gasteiger charge is -2.11. The molecule has 1 fully saturated rings. The number of rotatable bonds is 4. The molecule has 1 aliphatic carbocycles. The number of hydrogen-bond acceptors (Lipinski definition) is 3. The van der Waals surface area contributed by atoms with Gasteiger partial charge in [-0.05, 0) is 47.7 Å². The number of nitrogens with zero attached hydrogens (tertiary/aromatic N) is 1. The molecule has 0 N–H and O–H groups in total. The predicted octanol–water partition coefficient (Wildman–Crippen LogP) is 3.57. The first-order valence-electron chi connectivity index (χ1n) is 8.17. The average molecular weight is 420 g/mol. The molecule has 4 rings (SSSR count). The normalized spacial score (nSPS) is 17.8. The van der Waals surface area contributed by atoms with E-state index in [0.29, 0.717) is 0 Å². The van der Waals surface area contributed by atoms with Crippen molar-refractivity contribution >= 4 is 37.4 Å². The van der Waals surface area contributed by atoms with Gasteiger partial charge < -0.3 is 4.90 Å². The van der Waals surface area contributed by atoms with E-state index in [2.05, 4.69) is 15.9 Å². The van der Waals surface area contributed by atoms with E-state index in [1.807, 2.05) is 42.5 Å². The molecule has 4 nitrogen and oxygen atoms in total. The molecule has 0 saturated heterocycles. The molecular weight excluding hydrogens is 402 g/mol. The highest BCUT2D eigenvalue weighted by Crippen LogP contribution is 2.57. The minimum atomic E-state index is -3.29. The molecule has 1 saturated carbocycles. The number of halogens is 1. The smallest absolute Gasteiger partial charge is 0.237 e. The number of likely N-dealkylation sites (N-methyl/N-ethyl adjacent to an activating group) is 1. The molecule has 0 unspecified atom stereocenters. The van der Waals surface area contributed by atoms with Gasteiger partial charge in [-0.15, -0.1) is 0 Å². The minimum absolute atomic E-state index is 0.00744. The molecule has 1 amide bonds. The number of fused-ring (bicyclic) bond motifs is 2. The van der Waals surface area contributed by atoms with Crippen molar-refractivity contribution in [3.63, 3.8) is 0 Å². The summed E-state index contributed by atoms with van der Waals surface area (Å²) >= 11 is 3.37. The molecule has 2 aromatic rings. The zero-order chi connectivity index (χ0) is 17.8. The third-order valence-corrected chi connectivity index (χ3v) is 7.10. The Morgan fingerprint density at radius 1 is 1.08 bits per heavy atom. The van der Waals surface area contributed by atoms with Crippen molar-refractivity contribution in [2.24, 2.45) is 0 Å². The highest BCUT2D eigenvalue weighted by Gasteiger charge is 2.58. The second-order valence-electron chi connectivity index (χ2n) is 6.96. The summed E-state index contributed by atoms with van der Waals surface area (Å²) in [6.45, 7) is 0. The van der Waals surface area contributed by atoms with Gasteiger partial charge in [-0.1, -0.05) is 40.2 Å². The van der Waals surface area contributed by atoms with E-state index < -0.39 is 9.84 Å². The van der Waals surface area contributed by atoms with Gasteiger partial charge in [-0.2, -0.15) is 0 Å². The third kappa shape index (κ3) is 2.91. The maximum atomic E-state index is 12.6. The van der Waals surface area contributed by atoms with Crippen LogP contribution < -0.4 is 4.90 Å². The lowest BCUT2D eigenvalue weighted by molar-refractivity contribution is -0.119. The monoisotopic (exact) mass is 419 g/mol. The van der Waals surface area contributed by atoms with Crippen LogP contribution in [0.5, 0.6) is 0 Å². The Labute approximate surface area is 155 Å². The van der Waals surface area contributed by atoms with Gasteiger partial charge in [0.1, 0.15) is 0 Å². The summed E-state index contributed by atoms with van der Waals surface area (Å²) in [4.78, 5) is 14.1. The fraction of sp³-hybridized carbons (Fsp3) is 0.316. The SMILES string of the molecule is CN1C(=O)C2(CC2)c2cc(CS(=O)(=O)Cc3cccc(Br)c3)ccc21. The van der Waals surface area contributed by atoms with Crippen LogP contribution in [-0.4, -0.2) is 21.4 Å². The summed E-state index contributed by atoms with van der Waals surface area (Å²) < 4.78 is 26.1.